The van der Waals surface area contributed by atoms with Crippen LogP contribution in [0, 0.1) is 0 Å². The Balaban J connectivity index is 1.54. The van der Waals surface area contributed by atoms with Crippen LogP contribution in [0.5, 0.6) is 0 Å². The van der Waals surface area contributed by atoms with Gasteiger partial charge in [0.05, 0.1) is 26.9 Å². The lowest BCUT2D eigenvalue weighted by Crippen LogP contribution is -1.94. The molecular weight excluding hydrogens is 470 g/mol. The van der Waals surface area contributed by atoms with E-state index in [1.165, 1.54) is 54.1 Å². The third-order valence-corrected chi connectivity index (χ3v) is 8.26. The third kappa shape index (κ3) is 2.97. The van der Waals surface area contributed by atoms with Gasteiger partial charge in [0, 0.05) is 33.4 Å². The Labute approximate surface area is 217 Å². The highest BCUT2D eigenvalue weighted by atomic mass is 32.1. The molecule has 8 aromatic rings. The van der Waals surface area contributed by atoms with Crippen LogP contribution in [0.25, 0.3) is 64.9 Å². The molecule has 0 N–H and O–H groups in total. The number of rotatable bonds is 3. The first kappa shape index (κ1) is 20.5. The Bertz CT molecular complexity index is 2080. The van der Waals surface area contributed by atoms with Crippen molar-refractivity contribution in [1.29, 1.82) is 0 Å². The van der Waals surface area contributed by atoms with E-state index in [0.29, 0.717) is 0 Å². The summed E-state index contributed by atoms with van der Waals surface area (Å²) in [7, 11) is 0. The van der Waals surface area contributed by atoms with Crippen molar-refractivity contribution < 1.29 is 0 Å². The van der Waals surface area contributed by atoms with E-state index >= 15 is 0 Å². The zero-order valence-electron chi connectivity index (χ0n) is 19.9. The predicted octanol–water partition coefficient (Wildman–Crippen LogP) is 9.00. The summed E-state index contributed by atoms with van der Waals surface area (Å²) in [5.74, 6) is 0. The minimum atomic E-state index is 0.981. The largest absolute Gasteiger partial charge is 0.309 e. The van der Waals surface area contributed by atoms with E-state index in [9.17, 15) is 0 Å². The van der Waals surface area contributed by atoms with E-state index < -0.39 is 0 Å². The second-order valence-corrected chi connectivity index (χ2v) is 10.3. The van der Waals surface area contributed by atoms with E-state index in [1.807, 2.05) is 6.20 Å². The maximum atomic E-state index is 4.96. The van der Waals surface area contributed by atoms with Crippen molar-refractivity contribution in [3.05, 3.63) is 128 Å². The number of para-hydroxylation sites is 3. The number of benzene rings is 5. The van der Waals surface area contributed by atoms with Gasteiger partial charge in [-0.3, -0.25) is 4.57 Å². The molecule has 0 aliphatic rings. The monoisotopic (exact) mass is 491 g/mol. The average Bonchev–Trinajstić information content (AvgIpc) is 3.66. The molecule has 0 amide bonds. The molecular formula is C33H21N3S. The van der Waals surface area contributed by atoms with Crippen molar-refractivity contribution in [2.24, 2.45) is 0 Å². The second-order valence-electron chi connectivity index (χ2n) is 9.27. The number of thiazole rings is 1. The summed E-state index contributed by atoms with van der Waals surface area (Å²) >= 11 is 1.74. The Morgan fingerprint density at radius 3 is 1.95 bits per heavy atom. The molecule has 3 heterocycles. The molecule has 0 unspecified atom stereocenters. The number of hydrogen-bond acceptors (Lipinski definition) is 2. The first-order chi connectivity index (χ1) is 18.4. The SMILES string of the molecule is c1ccc(-c2cnc(-n3c4ccccc4c4ccc5c(c6ccccc6n5-c5ccccc5)c43)s2)cc1. The normalized spacial score (nSPS) is 11.8. The van der Waals surface area contributed by atoms with Gasteiger partial charge in [0.2, 0.25) is 0 Å². The van der Waals surface area contributed by atoms with E-state index in [1.54, 1.807) is 11.3 Å². The number of fused-ring (bicyclic) bond motifs is 7. The lowest BCUT2D eigenvalue weighted by atomic mass is 10.1. The molecule has 8 rings (SSSR count). The molecule has 3 aromatic heterocycles. The maximum Gasteiger partial charge on any atom is 0.195 e. The first-order valence-corrected chi connectivity index (χ1v) is 13.2. The van der Waals surface area contributed by atoms with Crippen LogP contribution in [0.1, 0.15) is 0 Å². The summed E-state index contributed by atoms with van der Waals surface area (Å²) in [4.78, 5) is 6.13. The highest BCUT2D eigenvalue weighted by Gasteiger charge is 2.21. The van der Waals surface area contributed by atoms with E-state index in [-0.39, 0.29) is 0 Å². The summed E-state index contributed by atoms with van der Waals surface area (Å²) in [6, 6.07) is 43.1. The van der Waals surface area contributed by atoms with Crippen LogP contribution in [-0.4, -0.2) is 14.1 Å². The van der Waals surface area contributed by atoms with Crippen LogP contribution in [0.3, 0.4) is 0 Å². The summed E-state index contributed by atoms with van der Waals surface area (Å²) in [6.45, 7) is 0. The highest BCUT2D eigenvalue weighted by Crippen LogP contribution is 2.42. The maximum absolute atomic E-state index is 4.96. The summed E-state index contributed by atoms with van der Waals surface area (Å²) in [6.07, 6.45) is 2.00. The molecule has 0 saturated heterocycles. The molecule has 0 aliphatic heterocycles. The molecule has 0 atom stereocenters. The third-order valence-electron chi connectivity index (χ3n) is 7.23. The van der Waals surface area contributed by atoms with Crippen molar-refractivity contribution in [2.45, 2.75) is 0 Å². The van der Waals surface area contributed by atoms with Gasteiger partial charge in [0.15, 0.2) is 5.13 Å². The topological polar surface area (TPSA) is 22.8 Å². The zero-order chi connectivity index (χ0) is 24.3. The summed E-state index contributed by atoms with van der Waals surface area (Å²) < 4.78 is 4.75. The quantitative estimate of drug-likeness (QED) is 0.242. The van der Waals surface area contributed by atoms with Gasteiger partial charge >= 0.3 is 0 Å². The van der Waals surface area contributed by atoms with Crippen molar-refractivity contribution >= 4 is 54.9 Å². The molecule has 4 heteroatoms. The molecule has 0 bridgehead atoms. The zero-order valence-corrected chi connectivity index (χ0v) is 20.7. The van der Waals surface area contributed by atoms with Crippen molar-refractivity contribution in [3.63, 3.8) is 0 Å². The van der Waals surface area contributed by atoms with Crippen LogP contribution in [0.2, 0.25) is 0 Å². The molecule has 0 spiro atoms. The lowest BCUT2D eigenvalue weighted by molar-refractivity contribution is 1.14. The van der Waals surface area contributed by atoms with Crippen LogP contribution in [0.15, 0.2) is 128 Å². The van der Waals surface area contributed by atoms with Crippen molar-refractivity contribution in [1.82, 2.24) is 14.1 Å². The van der Waals surface area contributed by atoms with Crippen molar-refractivity contribution in [3.8, 4) is 21.3 Å². The van der Waals surface area contributed by atoms with Gasteiger partial charge in [0.25, 0.3) is 0 Å². The molecule has 0 radical (unpaired) electrons. The molecule has 174 valence electrons. The smallest absolute Gasteiger partial charge is 0.195 e. The fourth-order valence-corrected chi connectivity index (χ4v) is 6.61. The Hall–Kier alpha value is -4.67. The summed E-state index contributed by atoms with van der Waals surface area (Å²) in [5, 5.41) is 5.97. The fourth-order valence-electron chi connectivity index (χ4n) is 5.67. The van der Waals surface area contributed by atoms with Gasteiger partial charge in [0.1, 0.15) is 0 Å². The van der Waals surface area contributed by atoms with E-state index in [0.717, 1.165) is 10.8 Å². The number of aromatic nitrogens is 3. The lowest BCUT2D eigenvalue weighted by Gasteiger charge is -2.08. The second kappa shape index (κ2) is 7.92. The number of hydrogen-bond donors (Lipinski definition) is 0. The molecule has 3 nitrogen and oxygen atoms in total. The Kier molecular flexibility index (Phi) is 4.39. The first-order valence-electron chi connectivity index (χ1n) is 12.4. The Morgan fingerprint density at radius 1 is 0.514 bits per heavy atom. The van der Waals surface area contributed by atoms with Crippen LogP contribution >= 0.6 is 11.3 Å². The van der Waals surface area contributed by atoms with Gasteiger partial charge in [-0.1, -0.05) is 102 Å². The predicted molar refractivity (Wildman–Crippen MR) is 156 cm³/mol. The van der Waals surface area contributed by atoms with Crippen LogP contribution in [0.4, 0.5) is 0 Å². The van der Waals surface area contributed by atoms with Gasteiger partial charge in [-0.25, -0.2) is 4.98 Å². The molecule has 37 heavy (non-hydrogen) atoms. The molecule has 0 aliphatic carbocycles. The van der Waals surface area contributed by atoms with E-state index in [4.69, 9.17) is 4.98 Å². The van der Waals surface area contributed by atoms with Crippen LogP contribution in [-0.2, 0) is 0 Å². The number of nitrogens with zero attached hydrogens (tertiary/aromatic N) is 3. The minimum absolute atomic E-state index is 0.981. The minimum Gasteiger partial charge on any atom is -0.309 e. The van der Waals surface area contributed by atoms with E-state index in [2.05, 4.69) is 130 Å². The van der Waals surface area contributed by atoms with Gasteiger partial charge in [-0.15, -0.1) is 0 Å². The fraction of sp³-hybridized carbons (Fsp3) is 0. The Morgan fingerprint density at radius 2 is 1.16 bits per heavy atom. The average molecular weight is 492 g/mol. The molecule has 0 saturated carbocycles. The van der Waals surface area contributed by atoms with Crippen LogP contribution < -0.4 is 0 Å². The van der Waals surface area contributed by atoms with Gasteiger partial charge in [-0.2, -0.15) is 0 Å². The molecule has 0 fully saturated rings. The van der Waals surface area contributed by atoms with Gasteiger partial charge in [-0.05, 0) is 35.9 Å². The standard InChI is InChI=1S/C33H21N3S/c1-3-11-22(12-4-1)30-21-34-33(37-30)36-27-17-9-7-15-24(27)25-19-20-29-31(32(25)36)26-16-8-10-18-28(26)35(29)23-13-5-2-6-14-23/h1-21H. The highest BCUT2D eigenvalue weighted by molar-refractivity contribution is 7.17. The molecule has 5 aromatic carbocycles. The summed E-state index contributed by atoms with van der Waals surface area (Å²) in [5.41, 5.74) is 7.14. The van der Waals surface area contributed by atoms with Gasteiger partial charge < -0.3 is 4.57 Å². The van der Waals surface area contributed by atoms with Crippen molar-refractivity contribution in [2.75, 3.05) is 0 Å².